The number of hydrogen-bond donors (Lipinski definition) is 2. The summed E-state index contributed by atoms with van der Waals surface area (Å²) in [6.07, 6.45) is 3.29. The molecule has 0 amide bonds. The number of aliphatic hydroxyl groups excluding tert-OH is 1. The maximum absolute atomic E-state index is 12.3. The van der Waals surface area contributed by atoms with Crippen LogP contribution < -0.4 is 4.72 Å². The summed E-state index contributed by atoms with van der Waals surface area (Å²) in [7, 11) is -3.61. The van der Waals surface area contributed by atoms with Crippen molar-refractivity contribution >= 4 is 33.2 Å². The van der Waals surface area contributed by atoms with Gasteiger partial charge in [-0.1, -0.05) is 47.5 Å². The van der Waals surface area contributed by atoms with Gasteiger partial charge in [-0.3, -0.25) is 0 Å². The van der Waals surface area contributed by atoms with Gasteiger partial charge in [0.1, 0.15) is 0 Å². The lowest BCUT2D eigenvalue weighted by atomic mass is 10.0. The molecule has 2 rings (SSSR count). The molecule has 4 nitrogen and oxygen atoms in total. The molecule has 0 spiro atoms. The first-order chi connectivity index (χ1) is 11.9. The standard InChI is InChI=1S/C18H21Cl2NO3S/c19-17-9-8-16(13-18(17)20)25(23,24)21-11-10-15-6-4-14(5-7-15)3-1-2-12-22/h4-9,13,21-22H,1-3,10-12H2. The quantitative estimate of drug-likeness (QED) is 0.627. The van der Waals surface area contributed by atoms with Crippen LogP contribution in [0.25, 0.3) is 0 Å². The van der Waals surface area contributed by atoms with E-state index in [4.69, 9.17) is 28.3 Å². The lowest BCUT2D eigenvalue weighted by Crippen LogP contribution is -2.26. The van der Waals surface area contributed by atoms with Gasteiger partial charge < -0.3 is 5.11 Å². The number of aliphatic hydroxyl groups is 1. The molecule has 0 aliphatic rings. The van der Waals surface area contributed by atoms with Crippen LogP contribution in [0.2, 0.25) is 10.0 Å². The lowest BCUT2D eigenvalue weighted by Gasteiger charge is -2.08. The van der Waals surface area contributed by atoms with Gasteiger partial charge in [0.05, 0.1) is 14.9 Å². The van der Waals surface area contributed by atoms with Crippen LogP contribution in [0.5, 0.6) is 0 Å². The van der Waals surface area contributed by atoms with Crippen LogP contribution in [0, 0.1) is 0 Å². The zero-order valence-corrected chi connectivity index (χ0v) is 16.0. The predicted octanol–water partition coefficient (Wildman–Crippen LogP) is 3.83. The van der Waals surface area contributed by atoms with Crippen LogP contribution in [0.4, 0.5) is 0 Å². The summed E-state index contributed by atoms with van der Waals surface area (Å²) >= 11 is 11.7. The van der Waals surface area contributed by atoms with Crippen molar-refractivity contribution in [3.05, 3.63) is 63.6 Å². The Kier molecular flexibility index (Phi) is 7.72. The third kappa shape index (κ3) is 6.28. The highest BCUT2D eigenvalue weighted by Gasteiger charge is 2.14. The minimum absolute atomic E-state index is 0.0983. The number of sulfonamides is 1. The zero-order valence-electron chi connectivity index (χ0n) is 13.7. The van der Waals surface area contributed by atoms with Crippen molar-refractivity contribution in [3.8, 4) is 0 Å². The highest BCUT2D eigenvalue weighted by atomic mass is 35.5. The Morgan fingerprint density at radius 1 is 0.880 bits per heavy atom. The number of hydrogen-bond acceptors (Lipinski definition) is 3. The molecule has 2 aromatic rings. The van der Waals surface area contributed by atoms with E-state index in [-0.39, 0.29) is 16.5 Å². The molecule has 7 heteroatoms. The van der Waals surface area contributed by atoms with Crippen LogP contribution in [0.15, 0.2) is 47.4 Å². The van der Waals surface area contributed by atoms with E-state index < -0.39 is 10.0 Å². The van der Waals surface area contributed by atoms with Crippen molar-refractivity contribution in [1.82, 2.24) is 4.72 Å². The van der Waals surface area contributed by atoms with Crippen molar-refractivity contribution < 1.29 is 13.5 Å². The van der Waals surface area contributed by atoms with Gasteiger partial charge in [-0.15, -0.1) is 0 Å². The fraction of sp³-hybridized carbons (Fsp3) is 0.333. The molecule has 136 valence electrons. The minimum atomic E-state index is -3.61. The molecule has 0 fully saturated rings. The van der Waals surface area contributed by atoms with Crippen LogP contribution in [-0.4, -0.2) is 26.7 Å². The van der Waals surface area contributed by atoms with Gasteiger partial charge in [0.2, 0.25) is 10.0 Å². The van der Waals surface area contributed by atoms with Crippen molar-refractivity contribution in [3.63, 3.8) is 0 Å². The molecule has 0 aliphatic carbocycles. The van der Waals surface area contributed by atoms with Gasteiger partial charge >= 0.3 is 0 Å². The largest absolute Gasteiger partial charge is 0.396 e. The summed E-state index contributed by atoms with van der Waals surface area (Å²) in [5, 5.41) is 9.32. The predicted molar refractivity (Wildman–Crippen MR) is 102 cm³/mol. The summed E-state index contributed by atoms with van der Waals surface area (Å²) in [4.78, 5) is 0.0983. The SMILES string of the molecule is O=S(=O)(NCCc1ccc(CCCCO)cc1)c1ccc(Cl)c(Cl)c1. The van der Waals surface area contributed by atoms with Crippen molar-refractivity contribution in [2.45, 2.75) is 30.6 Å². The highest BCUT2D eigenvalue weighted by molar-refractivity contribution is 7.89. The molecule has 25 heavy (non-hydrogen) atoms. The van der Waals surface area contributed by atoms with Crippen LogP contribution in [0.3, 0.4) is 0 Å². The Morgan fingerprint density at radius 2 is 1.52 bits per heavy atom. The Bertz CT molecular complexity index is 792. The second-order valence-corrected chi connectivity index (χ2v) is 8.30. The van der Waals surface area contributed by atoms with Gasteiger partial charge in [-0.25, -0.2) is 13.1 Å². The zero-order chi connectivity index (χ0) is 18.3. The number of halogens is 2. The Hall–Kier alpha value is -1.11. The summed E-state index contributed by atoms with van der Waals surface area (Å²) in [5.41, 5.74) is 2.27. The molecule has 2 N–H and O–H groups in total. The first-order valence-corrected chi connectivity index (χ1v) is 10.3. The van der Waals surface area contributed by atoms with E-state index in [1.807, 2.05) is 24.3 Å². The second kappa shape index (κ2) is 9.55. The lowest BCUT2D eigenvalue weighted by molar-refractivity contribution is 0.284. The van der Waals surface area contributed by atoms with Crippen LogP contribution in [0.1, 0.15) is 24.0 Å². The van der Waals surface area contributed by atoms with Gasteiger partial charge in [0, 0.05) is 13.2 Å². The van der Waals surface area contributed by atoms with E-state index in [2.05, 4.69) is 4.72 Å². The number of aryl methyl sites for hydroxylation is 1. The summed E-state index contributed by atoms with van der Waals surface area (Å²) in [6.45, 7) is 0.517. The van der Waals surface area contributed by atoms with Gasteiger partial charge in [-0.05, 0) is 55.0 Å². The second-order valence-electron chi connectivity index (χ2n) is 5.72. The van der Waals surface area contributed by atoms with Gasteiger partial charge in [0.15, 0.2) is 0 Å². The third-order valence-corrected chi connectivity index (χ3v) is 6.00. The van der Waals surface area contributed by atoms with Gasteiger partial charge in [0.25, 0.3) is 0 Å². The molecule has 0 saturated heterocycles. The van der Waals surface area contributed by atoms with E-state index in [1.54, 1.807) is 0 Å². The molecule has 0 radical (unpaired) electrons. The number of rotatable bonds is 9. The van der Waals surface area contributed by atoms with E-state index >= 15 is 0 Å². The number of nitrogens with one attached hydrogen (secondary N) is 1. The highest BCUT2D eigenvalue weighted by Crippen LogP contribution is 2.24. The molecule has 0 unspecified atom stereocenters. The first-order valence-electron chi connectivity index (χ1n) is 8.06. The average Bonchev–Trinajstić information content (AvgIpc) is 2.59. The Balaban J connectivity index is 1.87. The molecule has 0 aromatic heterocycles. The van der Waals surface area contributed by atoms with Crippen molar-refractivity contribution in [2.75, 3.05) is 13.2 Å². The fourth-order valence-corrected chi connectivity index (χ4v) is 3.79. The topological polar surface area (TPSA) is 66.4 Å². The summed E-state index contributed by atoms with van der Waals surface area (Å²) in [6, 6.07) is 12.3. The van der Waals surface area contributed by atoms with E-state index in [0.717, 1.165) is 24.8 Å². The normalized spacial score (nSPS) is 11.6. The first kappa shape index (κ1) is 20.2. The summed E-state index contributed by atoms with van der Waals surface area (Å²) < 4.78 is 27.1. The monoisotopic (exact) mass is 401 g/mol. The maximum Gasteiger partial charge on any atom is 0.240 e. The summed E-state index contributed by atoms with van der Waals surface area (Å²) in [5.74, 6) is 0. The fourth-order valence-electron chi connectivity index (χ4n) is 2.37. The Labute approximate surface area is 158 Å². The van der Waals surface area contributed by atoms with Gasteiger partial charge in [-0.2, -0.15) is 0 Å². The average molecular weight is 402 g/mol. The van der Waals surface area contributed by atoms with Crippen LogP contribution in [-0.2, 0) is 22.9 Å². The molecular weight excluding hydrogens is 381 g/mol. The molecule has 0 heterocycles. The molecule has 0 aliphatic heterocycles. The molecular formula is C18H21Cl2NO3S. The molecule has 0 saturated carbocycles. The van der Waals surface area contributed by atoms with Crippen molar-refractivity contribution in [2.24, 2.45) is 0 Å². The number of benzene rings is 2. The third-order valence-electron chi connectivity index (χ3n) is 3.80. The van der Waals surface area contributed by atoms with E-state index in [0.29, 0.717) is 18.0 Å². The number of unbranched alkanes of at least 4 members (excludes halogenated alkanes) is 1. The molecule has 2 aromatic carbocycles. The van der Waals surface area contributed by atoms with Crippen molar-refractivity contribution in [1.29, 1.82) is 0 Å². The molecule has 0 bridgehead atoms. The van der Waals surface area contributed by atoms with E-state index in [1.165, 1.54) is 23.8 Å². The Morgan fingerprint density at radius 3 is 2.12 bits per heavy atom. The van der Waals surface area contributed by atoms with Crippen LogP contribution >= 0.6 is 23.2 Å². The smallest absolute Gasteiger partial charge is 0.240 e. The maximum atomic E-state index is 12.3. The molecule has 0 atom stereocenters. The minimum Gasteiger partial charge on any atom is -0.396 e. The van der Waals surface area contributed by atoms with E-state index in [9.17, 15) is 8.42 Å².